The highest BCUT2D eigenvalue weighted by molar-refractivity contribution is 5.93. The molecule has 0 bridgehead atoms. The van der Waals surface area contributed by atoms with E-state index in [0.717, 1.165) is 38.8 Å². The summed E-state index contributed by atoms with van der Waals surface area (Å²) in [4.78, 5) is 0. The Hall–Kier alpha value is -3.49. The zero-order valence-corrected chi connectivity index (χ0v) is 19.2. The number of hydrogen-bond acceptors (Lipinski definition) is 5. The van der Waals surface area contributed by atoms with Gasteiger partial charge in [-0.25, -0.2) is 0 Å². The van der Waals surface area contributed by atoms with E-state index >= 15 is 0 Å². The van der Waals surface area contributed by atoms with E-state index < -0.39 is 6.36 Å². The molecular formula is C27H26F3NO4. The van der Waals surface area contributed by atoms with Gasteiger partial charge < -0.3 is 24.4 Å². The second-order valence-corrected chi connectivity index (χ2v) is 7.94. The molecule has 0 saturated carbocycles. The highest BCUT2D eigenvalue weighted by atomic mass is 19.4. The Morgan fingerprint density at radius 2 is 1.83 bits per heavy atom. The zero-order chi connectivity index (χ0) is 24.8. The number of fused-ring (bicyclic) bond motifs is 1. The highest BCUT2D eigenvalue weighted by Crippen LogP contribution is 2.33. The average molecular weight is 486 g/mol. The summed E-state index contributed by atoms with van der Waals surface area (Å²) in [6.07, 6.45) is -2.67. The van der Waals surface area contributed by atoms with Gasteiger partial charge in [-0.2, -0.15) is 0 Å². The quantitative estimate of drug-likeness (QED) is 0.256. The topological polar surface area (TPSA) is 66.8 Å². The second kappa shape index (κ2) is 10.8. The number of alkyl halides is 3. The minimum atomic E-state index is -4.79. The molecule has 35 heavy (non-hydrogen) atoms. The standard InChI is InChI=1S/C27H26F3NO4/c1-2-32-10-8-20-6-7-23(35-27(28,29)30)15-25(20)34-17-19-13-22-9-11-33-26(22)24(14-19)21-5-3-4-18(12-21)16-31/h3-7,9,11-15H,2,8,10,16-17,31H2,1H3. The van der Waals surface area contributed by atoms with Crippen molar-refractivity contribution in [3.05, 3.63) is 83.6 Å². The lowest BCUT2D eigenvalue weighted by molar-refractivity contribution is -0.274. The molecule has 2 N–H and O–H groups in total. The van der Waals surface area contributed by atoms with Crippen LogP contribution in [-0.4, -0.2) is 19.6 Å². The molecule has 0 fully saturated rings. The Kier molecular flexibility index (Phi) is 7.63. The van der Waals surface area contributed by atoms with Crippen molar-refractivity contribution in [2.45, 2.75) is 32.9 Å². The normalized spacial score (nSPS) is 11.7. The molecule has 0 spiro atoms. The Bertz CT molecular complexity index is 1280. The lowest BCUT2D eigenvalue weighted by atomic mass is 9.99. The van der Waals surface area contributed by atoms with Crippen LogP contribution in [0.5, 0.6) is 11.5 Å². The molecule has 5 nitrogen and oxygen atoms in total. The van der Waals surface area contributed by atoms with Gasteiger partial charge in [0.05, 0.1) is 12.9 Å². The molecule has 1 heterocycles. The van der Waals surface area contributed by atoms with E-state index in [0.29, 0.717) is 31.9 Å². The van der Waals surface area contributed by atoms with Crippen molar-refractivity contribution in [2.24, 2.45) is 5.73 Å². The van der Waals surface area contributed by atoms with E-state index in [1.165, 1.54) is 12.1 Å². The predicted octanol–water partition coefficient (Wildman–Crippen LogP) is 6.62. The monoisotopic (exact) mass is 485 g/mol. The molecule has 184 valence electrons. The van der Waals surface area contributed by atoms with Gasteiger partial charge in [0.1, 0.15) is 23.7 Å². The van der Waals surface area contributed by atoms with Crippen LogP contribution in [0.2, 0.25) is 0 Å². The zero-order valence-electron chi connectivity index (χ0n) is 19.2. The molecule has 0 aliphatic rings. The first-order valence-corrected chi connectivity index (χ1v) is 11.2. The smallest absolute Gasteiger partial charge is 0.488 e. The number of furan rings is 1. The lowest BCUT2D eigenvalue weighted by Gasteiger charge is -2.15. The van der Waals surface area contributed by atoms with E-state index in [-0.39, 0.29) is 12.4 Å². The van der Waals surface area contributed by atoms with Crippen molar-refractivity contribution in [3.8, 4) is 22.6 Å². The van der Waals surface area contributed by atoms with Gasteiger partial charge in [0.25, 0.3) is 0 Å². The Morgan fingerprint density at radius 3 is 2.60 bits per heavy atom. The first kappa shape index (κ1) is 24.6. The third-order valence-corrected chi connectivity index (χ3v) is 5.47. The summed E-state index contributed by atoms with van der Waals surface area (Å²) in [6.45, 7) is 3.41. The molecule has 8 heteroatoms. The Balaban J connectivity index is 1.63. The van der Waals surface area contributed by atoms with Crippen molar-refractivity contribution < 1.29 is 31.8 Å². The third kappa shape index (κ3) is 6.35. The molecule has 0 amide bonds. The third-order valence-electron chi connectivity index (χ3n) is 5.47. The van der Waals surface area contributed by atoms with Crippen LogP contribution in [0.3, 0.4) is 0 Å². The van der Waals surface area contributed by atoms with E-state index in [1.54, 1.807) is 12.3 Å². The summed E-state index contributed by atoms with van der Waals surface area (Å²) < 4.78 is 59.5. The van der Waals surface area contributed by atoms with E-state index in [2.05, 4.69) is 4.74 Å². The van der Waals surface area contributed by atoms with Crippen LogP contribution in [0.1, 0.15) is 23.6 Å². The van der Waals surface area contributed by atoms with Crippen molar-refractivity contribution in [1.29, 1.82) is 0 Å². The largest absolute Gasteiger partial charge is 0.573 e. The number of benzene rings is 3. The molecule has 0 aliphatic carbocycles. The summed E-state index contributed by atoms with van der Waals surface area (Å²) >= 11 is 0. The molecule has 0 saturated heterocycles. The van der Waals surface area contributed by atoms with Crippen LogP contribution in [0.25, 0.3) is 22.1 Å². The summed E-state index contributed by atoms with van der Waals surface area (Å²) in [6, 6.07) is 17.7. The summed E-state index contributed by atoms with van der Waals surface area (Å²) in [5.41, 5.74) is 10.9. The van der Waals surface area contributed by atoms with Crippen LogP contribution in [0, 0.1) is 0 Å². The molecular weight excluding hydrogens is 459 g/mol. The van der Waals surface area contributed by atoms with Gasteiger partial charge in [0.2, 0.25) is 0 Å². The van der Waals surface area contributed by atoms with Gasteiger partial charge in [0.15, 0.2) is 0 Å². The highest BCUT2D eigenvalue weighted by Gasteiger charge is 2.31. The average Bonchev–Trinajstić information content (AvgIpc) is 3.31. The fourth-order valence-electron chi connectivity index (χ4n) is 3.87. The Morgan fingerprint density at radius 1 is 0.971 bits per heavy atom. The fraction of sp³-hybridized carbons (Fsp3) is 0.259. The molecule has 4 aromatic rings. The predicted molar refractivity (Wildman–Crippen MR) is 127 cm³/mol. The molecule has 0 atom stereocenters. The van der Waals surface area contributed by atoms with E-state index in [4.69, 9.17) is 19.6 Å². The summed E-state index contributed by atoms with van der Waals surface area (Å²) in [5, 5.41) is 0.893. The number of hydrogen-bond donors (Lipinski definition) is 1. The van der Waals surface area contributed by atoms with Gasteiger partial charge in [0, 0.05) is 30.2 Å². The minimum absolute atomic E-state index is 0.141. The molecule has 0 aliphatic heterocycles. The molecule has 4 rings (SSSR count). The second-order valence-electron chi connectivity index (χ2n) is 7.94. The van der Waals surface area contributed by atoms with Gasteiger partial charge >= 0.3 is 6.36 Å². The van der Waals surface area contributed by atoms with Crippen LogP contribution in [0.4, 0.5) is 13.2 Å². The van der Waals surface area contributed by atoms with Gasteiger partial charge in [-0.05, 0) is 65.9 Å². The van der Waals surface area contributed by atoms with Crippen molar-refractivity contribution in [1.82, 2.24) is 0 Å². The fourth-order valence-corrected chi connectivity index (χ4v) is 3.87. The molecule has 0 radical (unpaired) electrons. The van der Waals surface area contributed by atoms with Crippen LogP contribution < -0.4 is 15.2 Å². The van der Waals surface area contributed by atoms with Crippen molar-refractivity contribution >= 4 is 11.0 Å². The number of rotatable bonds is 10. The number of halogens is 3. The first-order valence-electron chi connectivity index (χ1n) is 11.2. The van der Waals surface area contributed by atoms with Gasteiger partial charge in [-0.1, -0.05) is 24.3 Å². The maximum absolute atomic E-state index is 12.8. The molecule has 3 aromatic carbocycles. The Labute approximate surface area is 201 Å². The van der Waals surface area contributed by atoms with E-state index in [9.17, 15) is 13.2 Å². The maximum Gasteiger partial charge on any atom is 0.573 e. The maximum atomic E-state index is 12.8. The molecule has 1 aromatic heterocycles. The SMILES string of the molecule is CCOCCc1ccc(OC(F)(F)F)cc1OCc1cc(-c2cccc(CN)c2)c2occc2c1. The number of ether oxygens (including phenoxy) is 3. The van der Waals surface area contributed by atoms with Crippen LogP contribution in [0.15, 0.2) is 71.3 Å². The van der Waals surface area contributed by atoms with Crippen LogP contribution in [-0.2, 0) is 24.3 Å². The first-order chi connectivity index (χ1) is 16.9. The summed E-state index contributed by atoms with van der Waals surface area (Å²) in [7, 11) is 0. The summed E-state index contributed by atoms with van der Waals surface area (Å²) in [5.74, 6) is -0.0253. The van der Waals surface area contributed by atoms with Crippen molar-refractivity contribution in [2.75, 3.05) is 13.2 Å². The van der Waals surface area contributed by atoms with Crippen LogP contribution >= 0.6 is 0 Å². The lowest BCUT2D eigenvalue weighted by Crippen LogP contribution is -2.17. The van der Waals surface area contributed by atoms with E-state index in [1.807, 2.05) is 49.4 Å². The number of nitrogens with two attached hydrogens (primary N) is 1. The molecule has 0 unspecified atom stereocenters. The van der Waals surface area contributed by atoms with Gasteiger partial charge in [-0.15, -0.1) is 13.2 Å². The van der Waals surface area contributed by atoms with Gasteiger partial charge in [-0.3, -0.25) is 0 Å². The minimum Gasteiger partial charge on any atom is -0.488 e. The van der Waals surface area contributed by atoms with Crippen molar-refractivity contribution in [3.63, 3.8) is 0 Å².